The molecule has 0 N–H and O–H groups in total. The molecule has 13 aromatic rings. The topological polar surface area (TPSA) is 0 Å². The van der Waals surface area contributed by atoms with Crippen molar-refractivity contribution in [3.63, 3.8) is 0 Å². The van der Waals surface area contributed by atoms with Crippen LogP contribution in [-0.2, 0) is 10.8 Å². The second-order valence-corrected chi connectivity index (χ2v) is 24.4. The zero-order chi connectivity index (χ0) is 60.2. The summed E-state index contributed by atoms with van der Waals surface area (Å²) >= 11 is 0. The smallest absolute Gasteiger partial charge is 0.0720 e. The highest BCUT2D eigenvalue weighted by Gasteiger charge is 2.59. The summed E-state index contributed by atoms with van der Waals surface area (Å²) in [6.07, 6.45) is 6.72. The van der Waals surface area contributed by atoms with Crippen LogP contribution in [0.5, 0.6) is 0 Å². The molecule has 0 atom stereocenters. The van der Waals surface area contributed by atoms with Gasteiger partial charge in [0.2, 0.25) is 0 Å². The van der Waals surface area contributed by atoms with E-state index < -0.39 is 10.8 Å². The Labute approximate surface area is 525 Å². The lowest BCUT2D eigenvalue weighted by molar-refractivity contribution is 0.633. The highest BCUT2D eigenvalue weighted by atomic mass is 14.6. The lowest BCUT2D eigenvalue weighted by Crippen LogP contribution is -2.43. The number of rotatable bonds is 9. The van der Waals surface area contributed by atoms with E-state index in [1.165, 1.54) is 161 Å². The van der Waals surface area contributed by atoms with Crippen molar-refractivity contribution < 1.29 is 0 Å². The molecule has 0 aromatic heterocycles. The second kappa shape index (κ2) is 22.7. The van der Waals surface area contributed by atoms with Gasteiger partial charge in [0, 0.05) is 0 Å². The summed E-state index contributed by atoms with van der Waals surface area (Å²) < 4.78 is 0. The Balaban J connectivity index is 0.000000547. The van der Waals surface area contributed by atoms with Gasteiger partial charge >= 0.3 is 0 Å². The first-order valence-corrected chi connectivity index (χ1v) is 31.8. The van der Waals surface area contributed by atoms with Crippen molar-refractivity contribution >= 4 is 38.3 Å². The molecular weight excluding hydrogens is 1070 g/mol. The van der Waals surface area contributed by atoms with E-state index in [-0.39, 0.29) is 0 Å². The van der Waals surface area contributed by atoms with Crippen LogP contribution in [0.15, 0.2) is 315 Å². The van der Waals surface area contributed by atoms with Crippen molar-refractivity contribution in [2.75, 3.05) is 0 Å². The molecule has 0 aliphatic heterocycles. The minimum absolute atomic E-state index is 0.488. The van der Waals surface area contributed by atoms with Gasteiger partial charge in [0.1, 0.15) is 0 Å². The first-order valence-electron chi connectivity index (χ1n) is 31.8. The second-order valence-electron chi connectivity index (χ2n) is 24.4. The van der Waals surface area contributed by atoms with Gasteiger partial charge in [-0.25, -0.2) is 0 Å². The van der Waals surface area contributed by atoms with Crippen LogP contribution in [0.1, 0.15) is 109 Å². The van der Waals surface area contributed by atoms with E-state index in [4.69, 9.17) is 0 Å². The quantitative estimate of drug-likeness (QED) is 0.0998. The normalized spacial score (nSPS) is 14.0. The van der Waals surface area contributed by atoms with Crippen LogP contribution < -0.4 is 0 Å². The molecular formula is C89H70. The lowest BCUT2D eigenvalue weighted by atomic mass is 9.52. The summed E-state index contributed by atoms with van der Waals surface area (Å²) in [6, 6.07) is 112. The Hall–Kier alpha value is -10.4. The van der Waals surface area contributed by atoms with E-state index in [0.29, 0.717) is 0 Å². The first kappa shape index (κ1) is 55.2. The molecule has 0 saturated carbocycles. The SMILES string of the molecule is CC/C=C(/C)c1ccccc1.CCC(C)=C(/C=C(\C)c1ccccc1)c1ccc2c(-c3ccccc3)c3cc(-c4ccc5c(c4)C4(c6ccccc6-5)c5ccccc5C5(c6ccccc6-c6ccccc65)c5ccccc54)ccc3c(-c3ccccc3)c2c1. The predicted molar refractivity (Wildman–Crippen MR) is 379 cm³/mol. The van der Waals surface area contributed by atoms with Gasteiger partial charge in [0.15, 0.2) is 0 Å². The third kappa shape index (κ3) is 8.79. The van der Waals surface area contributed by atoms with Gasteiger partial charge in [-0.2, -0.15) is 0 Å². The molecule has 3 aliphatic rings. The average Bonchev–Trinajstić information content (AvgIpc) is 1.55. The van der Waals surface area contributed by atoms with Gasteiger partial charge in [-0.1, -0.05) is 311 Å². The minimum Gasteiger partial charge on any atom is -0.0813 e. The fourth-order valence-electron chi connectivity index (χ4n) is 15.6. The van der Waals surface area contributed by atoms with Crippen LogP contribution in [0.2, 0.25) is 0 Å². The summed E-state index contributed by atoms with van der Waals surface area (Å²) in [5, 5.41) is 4.98. The van der Waals surface area contributed by atoms with E-state index in [2.05, 4.69) is 338 Å². The Morgan fingerprint density at radius 1 is 0.292 bits per heavy atom. The van der Waals surface area contributed by atoms with Gasteiger partial charge in [-0.3, -0.25) is 0 Å². The zero-order valence-corrected chi connectivity index (χ0v) is 51.4. The van der Waals surface area contributed by atoms with Crippen molar-refractivity contribution in [3.8, 4) is 55.6 Å². The maximum atomic E-state index is 2.56. The molecule has 0 amide bonds. The Morgan fingerprint density at radius 2 is 0.663 bits per heavy atom. The van der Waals surface area contributed by atoms with E-state index in [1.807, 2.05) is 6.07 Å². The molecule has 0 heteroatoms. The third-order valence-electron chi connectivity index (χ3n) is 19.7. The maximum Gasteiger partial charge on any atom is 0.0720 e. The fraction of sp³-hybridized carbons (Fsp3) is 0.101. The molecule has 0 unspecified atom stereocenters. The van der Waals surface area contributed by atoms with Crippen molar-refractivity contribution in [2.24, 2.45) is 0 Å². The molecule has 13 aromatic carbocycles. The van der Waals surface area contributed by atoms with E-state index in [1.54, 1.807) is 0 Å². The molecule has 2 spiro atoms. The van der Waals surface area contributed by atoms with Crippen molar-refractivity contribution in [1.29, 1.82) is 0 Å². The molecule has 0 saturated heterocycles. The largest absolute Gasteiger partial charge is 0.0813 e. The standard InChI is InChI=1S/C78H56.C11H14/c1-4-50(2)64(46-51(3)52-24-8-5-9-25-52)57-42-45-63-66(48-57)76(54-28-12-7-13-29-54)62-44-41-55(47-65(62)75(63)53-26-10-6-11-27-53)56-40-43-61-60-32-16-19-35-69(60)78(74(61)49-56)72-38-22-20-36-70(72)77(71-37-21-23-39-73(71)78)67-33-17-14-30-58(67)59-31-15-18-34-68(59)77;1-3-7-10(2)11-8-5-4-6-9-11/h5-49H,4H2,1-3H3;4-9H,3H2,1-2H3/b51-46+,64-50?;10-7-. The van der Waals surface area contributed by atoms with Crippen LogP contribution in [0.3, 0.4) is 0 Å². The molecule has 426 valence electrons. The number of hydrogen-bond acceptors (Lipinski definition) is 0. The summed E-state index contributed by atoms with van der Waals surface area (Å²) in [7, 11) is 0. The summed E-state index contributed by atoms with van der Waals surface area (Å²) in [4.78, 5) is 0. The number of allylic oxidation sites excluding steroid dienone is 6. The van der Waals surface area contributed by atoms with Crippen LogP contribution in [-0.4, -0.2) is 0 Å². The van der Waals surface area contributed by atoms with Crippen LogP contribution >= 0.6 is 0 Å². The number of fused-ring (bicyclic) bond motifs is 18. The highest BCUT2D eigenvalue weighted by Crippen LogP contribution is 2.67. The molecule has 0 bridgehead atoms. The Bertz CT molecular complexity index is 4880. The number of benzene rings is 13. The van der Waals surface area contributed by atoms with E-state index in [9.17, 15) is 0 Å². The van der Waals surface area contributed by atoms with Crippen LogP contribution in [0.4, 0.5) is 0 Å². The van der Waals surface area contributed by atoms with Gasteiger partial charge in [-0.15, -0.1) is 0 Å². The Morgan fingerprint density at radius 3 is 1.13 bits per heavy atom. The summed E-state index contributed by atoms with van der Waals surface area (Å²) in [6.45, 7) is 11.1. The van der Waals surface area contributed by atoms with Crippen LogP contribution in [0, 0.1) is 0 Å². The highest BCUT2D eigenvalue weighted by molar-refractivity contribution is 6.22. The molecule has 0 fully saturated rings. The van der Waals surface area contributed by atoms with Gasteiger partial charge in [-0.05, 0) is 207 Å². The van der Waals surface area contributed by atoms with Gasteiger partial charge in [0.25, 0.3) is 0 Å². The summed E-state index contributed by atoms with van der Waals surface area (Å²) in [5.74, 6) is 0. The van der Waals surface area contributed by atoms with E-state index in [0.717, 1.165) is 12.8 Å². The number of hydrogen-bond donors (Lipinski definition) is 0. The van der Waals surface area contributed by atoms with Gasteiger partial charge in [0.05, 0.1) is 10.8 Å². The molecule has 0 nitrogen and oxygen atoms in total. The van der Waals surface area contributed by atoms with Crippen molar-refractivity contribution in [1.82, 2.24) is 0 Å². The molecule has 89 heavy (non-hydrogen) atoms. The molecule has 16 rings (SSSR count). The van der Waals surface area contributed by atoms with E-state index >= 15 is 0 Å². The van der Waals surface area contributed by atoms with Crippen LogP contribution in [0.25, 0.3) is 93.9 Å². The molecule has 0 radical (unpaired) electrons. The first-order chi connectivity index (χ1) is 43.8. The fourth-order valence-corrected chi connectivity index (χ4v) is 15.6. The maximum absolute atomic E-state index is 2.56. The molecule has 0 heterocycles. The summed E-state index contributed by atoms with van der Waals surface area (Å²) in [5.41, 5.74) is 31.3. The Kier molecular flexibility index (Phi) is 14.1. The minimum atomic E-state index is -0.578. The predicted octanol–water partition coefficient (Wildman–Crippen LogP) is 23.8. The average molecular weight is 1140 g/mol. The third-order valence-corrected chi connectivity index (χ3v) is 19.7. The van der Waals surface area contributed by atoms with Crippen molar-refractivity contribution in [2.45, 2.75) is 58.3 Å². The molecule has 3 aliphatic carbocycles. The monoisotopic (exact) mass is 1140 g/mol. The van der Waals surface area contributed by atoms with Gasteiger partial charge < -0.3 is 0 Å². The zero-order valence-electron chi connectivity index (χ0n) is 51.4. The lowest BCUT2D eigenvalue weighted by Gasteiger charge is -2.48. The van der Waals surface area contributed by atoms with Crippen molar-refractivity contribution in [3.05, 3.63) is 376 Å².